The lowest BCUT2D eigenvalue weighted by atomic mass is 10.0. The minimum absolute atomic E-state index is 0.183. The first-order valence-corrected chi connectivity index (χ1v) is 9.23. The molecule has 0 spiro atoms. The van der Waals surface area contributed by atoms with Gasteiger partial charge in [0.2, 0.25) is 0 Å². The molecule has 110 valence electrons. The molecule has 1 aliphatic rings. The van der Waals surface area contributed by atoms with E-state index in [1.807, 2.05) is 33.5 Å². The van der Waals surface area contributed by atoms with Crippen LogP contribution < -0.4 is 0 Å². The first-order chi connectivity index (χ1) is 10.3. The minimum atomic E-state index is 0.183. The Balaban J connectivity index is 1.70. The van der Waals surface area contributed by atoms with Gasteiger partial charge in [-0.1, -0.05) is 24.3 Å². The lowest BCUT2D eigenvalue weighted by Crippen LogP contribution is -2.32. The zero-order chi connectivity index (χ0) is 14.7. The number of hydrogen-bond donors (Lipinski definition) is 0. The summed E-state index contributed by atoms with van der Waals surface area (Å²) in [5.74, 6) is 1.19. The second-order valence-electron chi connectivity index (χ2n) is 5.31. The second kappa shape index (κ2) is 6.67. The molecule has 0 unspecified atom stereocenters. The molecule has 1 saturated heterocycles. The fourth-order valence-corrected chi connectivity index (χ4v) is 4.69. The van der Waals surface area contributed by atoms with Gasteiger partial charge in [0.15, 0.2) is 0 Å². The Kier molecular flexibility index (Phi) is 4.66. The van der Waals surface area contributed by atoms with Crippen LogP contribution in [0.4, 0.5) is 0 Å². The molecule has 1 fully saturated rings. The molecule has 4 heteroatoms. The maximum atomic E-state index is 12.4. The number of thiophene rings is 1. The van der Waals surface area contributed by atoms with Gasteiger partial charge in [-0.05, 0) is 35.9 Å². The van der Waals surface area contributed by atoms with Crippen molar-refractivity contribution >= 4 is 29.0 Å². The van der Waals surface area contributed by atoms with E-state index in [0.29, 0.717) is 5.25 Å². The first-order valence-electron chi connectivity index (χ1n) is 7.24. The van der Waals surface area contributed by atoms with Crippen LogP contribution in [0.1, 0.15) is 33.2 Å². The number of hydrogen-bond acceptors (Lipinski definition) is 3. The highest BCUT2D eigenvalue weighted by Crippen LogP contribution is 2.36. The molecule has 2 heterocycles. The van der Waals surface area contributed by atoms with E-state index in [1.165, 1.54) is 11.1 Å². The third kappa shape index (κ3) is 3.33. The lowest BCUT2D eigenvalue weighted by Gasteiger charge is -2.20. The summed E-state index contributed by atoms with van der Waals surface area (Å²) in [5.41, 5.74) is 3.61. The Morgan fingerprint density at radius 2 is 2.10 bits per heavy atom. The average molecular weight is 317 g/mol. The summed E-state index contributed by atoms with van der Waals surface area (Å²) in [5, 5.41) is 4.42. The van der Waals surface area contributed by atoms with Gasteiger partial charge in [-0.2, -0.15) is 23.1 Å². The highest BCUT2D eigenvalue weighted by Gasteiger charge is 2.23. The number of amides is 1. The predicted octanol–water partition coefficient (Wildman–Crippen LogP) is 4.38. The third-order valence-electron chi connectivity index (χ3n) is 3.93. The van der Waals surface area contributed by atoms with Crippen LogP contribution in [0.5, 0.6) is 0 Å². The Bertz CT molecular complexity index is 609. The Hall–Kier alpha value is -1.26. The molecule has 0 saturated carbocycles. The molecular weight excluding hydrogens is 298 g/mol. The first kappa shape index (κ1) is 14.7. The van der Waals surface area contributed by atoms with Crippen molar-refractivity contribution in [3.05, 3.63) is 57.8 Å². The number of thioether (sulfide) groups is 1. The third-order valence-corrected chi connectivity index (χ3v) is 5.93. The fraction of sp³-hybridized carbons (Fsp3) is 0.353. The molecule has 0 aliphatic carbocycles. The highest BCUT2D eigenvalue weighted by molar-refractivity contribution is 7.99. The van der Waals surface area contributed by atoms with Crippen LogP contribution in [0, 0.1) is 6.92 Å². The van der Waals surface area contributed by atoms with Gasteiger partial charge in [0.1, 0.15) is 0 Å². The van der Waals surface area contributed by atoms with Gasteiger partial charge in [0, 0.05) is 29.5 Å². The number of aryl methyl sites for hydroxylation is 1. The Morgan fingerprint density at radius 3 is 2.86 bits per heavy atom. The molecule has 1 aromatic heterocycles. The minimum Gasteiger partial charge on any atom is -0.338 e. The summed E-state index contributed by atoms with van der Waals surface area (Å²) < 4.78 is 0. The van der Waals surface area contributed by atoms with E-state index in [1.54, 1.807) is 11.3 Å². The highest BCUT2D eigenvalue weighted by atomic mass is 32.2. The average Bonchev–Trinajstić information content (AvgIpc) is 2.92. The van der Waals surface area contributed by atoms with E-state index >= 15 is 0 Å². The largest absolute Gasteiger partial charge is 0.338 e. The van der Waals surface area contributed by atoms with E-state index in [0.717, 1.165) is 30.8 Å². The predicted molar refractivity (Wildman–Crippen MR) is 91.2 cm³/mol. The normalized spacial score (nSPS) is 19.3. The Morgan fingerprint density at radius 1 is 1.24 bits per heavy atom. The van der Waals surface area contributed by atoms with Crippen molar-refractivity contribution in [3.8, 4) is 0 Å². The molecule has 2 nitrogen and oxygen atoms in total. The molecule has 0 N–H and O–H groups in total. The lowest BCUT2D eigenvalue weighted by molar-refractivity contribution is 0.0767. The van der Waals surface area contributed by atoms with Crippen molar-refractivity contribution in [2.24, 2.45) is 0 Å². The van der Waals surface area contributed by atoms with E-state index in [9.17, 15) is 4.79 Å². The van der Waals surface area contributed by atoms with Gasteiger partial charge in [0.25, 0.3) is 5.91 Å². The number of nitrogens with zero attached hydrogens (tertiary/aromatic N) is 1. The zero-order valence-corrected chi connectivity index (χ0v) is 13.8. The van der Waals surface area contributed by atoms with Crippen LogP contribution in [0.2, 0.25) is 0 Å². The van der Waals surface area contributed by atoms with Gasteiger partial charge in [-0.15, -0.1) is 0 Å². The SMILES string of the molecule is Cc1ccccc1[C@@H]1CCN(C(=O)c2ccsc2)CCS1. The molecule has 1 amide bonds. The maximum Gasteiger partial charge on any atom is 0.254 e. The van der Waals surface area contributed by atoms with Crippen LogP contribution in [0.25, 0.3) is 0 Å². The molecule has 2 aromatic rings. The number of carbonyl (C=O) groups is 1. The van der Waals surface area contributed by atoms with E-state index in [-0.39, 0.29) is 5.91 Å². The van der Waals surface area contributed by atoms with Crippen molar-refractivity contribution < 1.29 is 4.79 Å². The van der Waals surface area contributed by atoms with Crippen LogP contribution in [0.15, 0.2) is 41.1 Å². The zero-order valence-electron chi connectivity index (χ0n) is 12.1. The summed E-state index contributed by atoms with van der Waals surface area (Å²) >= 11 is 3.56. The number of benzene rings is 1. The van der Waals surface area contributed by atoms with Gasteiger partial charge in [-0.3, -0.25) is 4.79 Å². The van der Waals surface area contributed by atoms with Crippen molar-refractivity contribution in [3.63, 3.8) is 0 Å². The summed E-state index contributed by atoms with van der Waals surface area (Å²) in [6.45, 7) is 3.87. The van der Waals surface area contributed by atoms with E-state index in [2.05, 4.69) is 31.2 Å². The van der Waals surface area contributed by atoms with Crippen LogP contribution in [-0.4, -0.2) is 29.6 Å². The molecule has 1 atom stereocenters. The summed E-state index contributed by atoms with van der Waals surface area (Å²) in [7, 11) is 0. The molecular formula is C17H19NOS2. The Labute approximate surface area is 134 Å². The van der Waals surface area contributed by atoms with Crippen molar-refractivity contribution in [1.82, 2.24) is 4.90 Å². The standard InChI is InChI=1S/C17H19NOS2/c1-13-4-2-3-5-15(13)16-6-8-18(9-11-21-16)17(19)14-7-10-20-12-14/h2-5,7,10,12,16H,6,8-9,11H2,1H3/t16-/m0/s1. The fourth-order valence-electron chi connectivity index (χ4n) is 2.74. The van der Waals surface area contributed by atoms with Crippen LogP contribution in [-0.2, 0) is 0 Å². The molecule has 0 radical (unpaired) electrons. The van der Waals surface area contributed by atoms with Crippen LogP contribution >= 0.6 is 23.1 Å². The maximum absolute atomic E-state index is 12.4. The van der Waals surface area contributed by atoms with E-state index < -0.39 is 0 Å². The van der Waals surface area contributed by atoms with Crippen molar-refractivity contribution in [2.75, 3.05) is 18.8 Å². The van der Waals surface area contributed by atoms with Gasteiger partial charge < -0.3 is 4.90 Å². The molecule has 0 bridgehead atoms. The second-order valence-corrected chi connectivity index (χ2v) is 7.40. The smallest absolute Gasteiger partial charge is 0.254 e. The van der Waals surface area contributed by atoms with Gasteiger partial charge >= 0.3 is 0 Å². The molecule has 21 heavy (non-hydrogen) atoms. The van der Waals surface area contributed by atoms with Crippen molar-refractivity contribution in [2.45, 2.75) is 18.6 Å². The van der Waals surface area contributed by atoms with Gasteiger partial charge in [-0.25, -0.2) is 0 Å². The quantitative estimate of drug-likeness (QED) is 0.819. The summed E-state index contributed by atoms with van der Waals surface area (Å²) in [4.78, 5) is 14.5. The molecule has 1 aromatic carbocycles. The topological polar surface area (TPSA) is 20.3 Å². The summed E-state index contributed by atoms with van der Waals surface area (Å²) in [6.07, 6.45) is 1.03. The van der Waals surface area contributed by atoms with Crippen LogP contribution in [0.3, 0.4) is 0 Å². The van der Waals surface area contributed by atoms with Gasteiger partial charge in [0.05, 0.1) is 5.56 Å². The van der Waals surface area contributed by atoms with Crippen molar-refractivity contribution in [1.29, 1.82) is 0 Å². The molecule has 1 aliphatic heterocycles. The number of rotatable bonds is 2. The monoisotopic (exact) mass is 317 g/mol. The summed E-state index contributed by atoms with van der Waals surface area (Å²) in [6, 6.07) is 10.5. The number of carbonyl (C=O) groups excluding carboxylic acids is 1. The van der Waals surface area contributed by atoms with E-state index in [4.69, 9.17) is 0 Å². The molecule has 3 rings (SSSR count).